The number of anilines is 1. The zero-order chi connectivity index (χ0) is 14.0. The fraction of sp³-hybridized carbons (Fsp3) is 0.625. The first-order chi connectivity index (χ1) is 8.88. The first kappa shape index (κ1) is 14.4. The van der Waals surface area contributed by atoms with Crippen molar-refractivity contribution in [3.8, 4) is 0 Å². The molecule has 19 heavy (non-hydrogen) atoms. The van der Waals surface area contributed by atoms with Crippen molar-refractivity contribution in [2.24, 2.45) is 5.73 Å². The van der Waals surface area contributed by atoms with E-state index in [0.717, 1.165) is 26.2 Å². The summed E-state index contributed by atoms with van der Waals surface area (Å²) in [6, 6.07) is 9.32. The molecular weight excluding hydrogens is 234 g/mol. The van der Waals surface area contributed by atoms with Gasteiger partial charge in [0.15, 0.2) is 0 Å². The Labute approximate surface area is 117 Å². The topological polar surface area (TPSA) is 32.5 Å². The van der Waals surface area contributed by atoms with Gasteiger partial charge in [-0.3, -0.25) is 4.90 Å². The van der Waals surface area contributed by atoms with Crippen molar-refractivity contribution in [1.29, 1.82) is 0 Å². The lowest BCUT2D eigenvalue weighted by Gasteiger charge is -2.38. The number of rotatable bonds is 3. The van der Waals surface area contributed by atoms with Gasteiger partial charge in [0, 0.05) is 43.4 Å². The van der Waals surface area contributed by atoms with Crippen LogP contribution in [0.15, 0.2) is 24.3 Å². The quantitative estimate of drug-likeness (QED) is 0.907. The normalized spacial score (nSPS) is 18.1. The van der Waals surface area contributed by atoms with E-state index in [4.69, 9.17) is 5.73 Å². The molecule has 0 atom stereocenters. The zero-order valence-electron chi connectivity index (χ0n) is 12.7. The van der Waals surface area contributed by atoms with Gasteiger partial charge in [0.05, 0.1) is 0 Å². The highest BCUT2D eigenvalue weighted by molar-refractivity contribution is 5.50. The molecule has 0 aliphatic carbocycles. The third-order valence-corrected chi connectivity index (χ3v) is 4.00. The Morgan fingerprint density at radius 3 is 2.26 bits per heavy atom. The van der Waals surface area contributed by atoms with Crippen LogP contribution in [0.4, 0.5) is 5.69 Å². The molecule has 3 nitrogen and oxygen atoms in total. The lowest BCUT2D eigenvalue weighted by atomic mass is 9.95. The predicted molar refractivity (Wildman–Crippen MR) is 82.6 cm³/mol. The van der Waals surface area contributed by atoms with Gasteiger partial charge >= 0.3 is 0 Å². The Hall–Kier alpha value is -1.06. The van der Waals surface area contributed by atoms with E-state index in [-0.39, 0.29) is 5.54 Å². The van der Waals surface area contributed by atoms with Crippen molar-refractivity contribution in [3.63, 3.8) is 0 Å². The Balaban J connectivity index is 2.08. The van der Waals surface area contributed by atoms with Crippen molar-refractivity contribution < 1.29 is 0 Å². The summed E-state index contributed by atoms with van der Waals surface area (Å²) in [7, 11) is 0. The van der Waals surface area contributed by atoms with Gasteiger partial charge in [-0.15, -0.1) is 0 Å². The minimum absolute atomic E-state index is 0.268. The van der Waals surface area contributed by atoms with Crippen LogP contribution in [0, 0.1) is 0 Å². The molecule has 1 aliphatic rings. The molecule has 1 fully saturated rings. The summed E-state index contributed by atoms with van der Waals surface area (Å²) in [5.41, 5.74) is 8.43. The van der Waals surface area contributed by atoms with Gasteiger partial charge in [-0.25, -0.2) is 0 Å². The first-order valence-electron chi connectivity index (χ1n) is 7.26. The van der Waals surface area contributed by atoms with Gasteiger partial charge in [-0.2, -0.15) is 0 Å². The van der Waals surface area contributed by atoms with Crippen molar-refractivity contribution in [2.45, 2.75) is 39.3 Å². The fourth-order valence-electron chi connectivity index (χ4n) is 2.60. The highest BCUT2D eigenvalue weighted by atomic mass is 15.3. The van der Waals surface area contributed by atoms with Gasteiger partial charge in [-0.05, 0) is 45.4 Å². The summed E-state index contributed by atoms with van der Waals surface area (Å²) in [6.07, 6.45) is 0. The van der Waals surface area contributed by atoms with Crippen LogP contribution in [-0.2, 0) is 5.54 Å². The Morgan fingerprint density at radius 1 is 1.11 bits per heavy atom. The van der Waals surface area contributed by atoms with Gasteiger partial charge in [0.2, 0.25) is 0 Å². The third-order valence-electron chi connectivity index (χ3n) is 4.00. The lowest BCUT2D eigenvalue weighted by molar-refractivity contribution is 0.209. The highest BCUT2D eigenvalue weighted by Crippen LogP contribution is 2.24. The molecule has 0 aromatic heterocycles. The van der Waals surface area contributed by atoms with Crippen LogP contribution < -0.4 is 10.6 Å². The molecular formula is C16H27N3. The van der Waals surface area contributed by atoms with E-state index in [2.05, 4.69) is 61.8 Å². The van der Waals surface area contributed by atoms with Crippen LogP contribution in [0.2, 0.25) is 0 Å². The predicted octanol–water partition coefficient (Wildman–Crippen LogP) is 2.41. The number of nitrogens with zero attached hydrogens (tertiary/aromatic N) is 2. The molecule has 1 aromatic rings. The average molecular weight is 261 g/mol. The van der Waals surface area contributed by atoms with Crippen molar-refractivity contribution in [1.82, 2.24) is 4.90 Å². The monoisotopic (exact) mass is 261 g/mol. The maximum absolute atomic E-state index is 6.19. The molecule has 1 saturated heterocycles. The van der Waals surface area contributed by atoms with Gasteiger partial charge in [-0.1, -0.05) is 12.1 Å². The number of hydrogen-bond acceptors (Lipinski definition) is 3. The zero-order valence-corrected chi connectivity index (χ0v) is 12.7. The fourth-order valence-corrected chi connectivity index (χ4v) is 2.60. The molecule has 1 aromatic carbocycles. The summed E-state index contributed by atoms with van der Waals surface area (Å²) in [6.45, 7) is 13.2. The maximum atomic E-state index is 6.19. The molecule has 2 rings (SSSR count). The summed E-state index contributed by atoms with van der Waals surface area (Å²) in [5.74, 6) is 0. The van der Waals surface area contributed by atoms with E-state index >= 15 is 0 Å². The molecule has 106 valence electrons. The lowest BCUT2D eigenvalue weighted by Crippen LogP contribution is -2.49. The molecule has 1 aliphatic heterocycles. The van der Waals surface area contributed by atoms with Crippen molar-refractivity contribution in [2.75, 3.05) is 31.1 Å². The Bertz CT molecular complexity index is 412. The smallest absolute Gasteiger partial charge is 0.0370 e. The molecule has 0 amide bonds. The number of hydrogen-bond donors (Lipinski definition) is 1. The molecule has 3 heteroatoms. The molecule has 0 spiro atoms. The largest absolute Gasteiger partial charge is 0.369 e. The maximum Gasteiger partial charge on any atom is 0.0370 e. The van der Waals surface area contributed by atoms with Gasteiger partial charge in [0.25, 0.3) is 0 Å². The number of piperazine rings is 1. The highest BCUT2D eigenvalue weighted by Gasteiger charge is 2.20. The van der Waals surface area contributed by atoms with E-state index < -0.39 is 0 Å². The van der Waals surface area contributed by atoms with E-state index in [1.165, 1.54) is 11.3 Å². The Morgan fingerprint density at radius 2 is 1.74 bits per heavy atom. The van der Waals surface area contributed by atoms with E-state index in [1.807, 2.05) is 0 Å². The molecule has 0 unspecified atom stereocenters. The van der Waals surface area contributed by atoms with Crippen LogP contribution in [0.1, 0.15) is 33.3 Å². The van der Waals surface area contributed by atoms with Crippen LogP contribution >= 0.6 is 0 Å². The molecule has 0 bridgehead atoms. The summed E-state index contributed by atoms with van der Waals surface area (Å²) in [5, 5.41) is 0. The van der Waals surface area contributed by atoms with E-state index in [9.17, 15) is 0 Å². The van der Waals surface area contributed by atoms with Gasteiger partial charge in [0.1, 0.15) is 0 Å². The third kappa shape index (κ3) is 3.48. The second-order valence-corrected chi connectivity index (χ2v) is 6.39. The second kappa shape index (κ2) is 5.51. The number of benzene rings is 1. The second-order valence-electron chi connectivity index (χ2n) is 6.39. The minimum atomic E-state index is -0.268. The molecule has 0 saturated carbocycles. The molecule has 0 radical (unpaired) electrons. The molecule has 1 heterocycles. The minimum Gasteiger partial charge on any atom is -0.369 e. The van der Waals surface area contributed by atoms with E-state index in [1.54, 1.807) is 0 Å². The Kier molecular flexibility index (Phi) is 4.16. The van der Waals surface area contributed by atoms with Gasteiger partial charge < -0.3 is 10.6 Å². The summed E-state index contributed by atoms with van der Waals surface area (Å²) < 4.78 is 0. The van der Waals surface area contributed by atoms with Crippen LogP contribution in [0.5, 0.6) is 0 Å². The number of nitrogens with two attached hydrogens (primary N) is 1. The first-order valence-corrected chi connectivity index (χ1v) is 7.26. The summed E-state index contributed by atoms with van der Waals surface area (Å²) in [4.78, 5) is 5.00. The molecule has 2 N–H and O–H groups in total. The van der Waals surface area contributed by atoms with Crippen molar-refractivity contribution in [3.05, 3.63) is 29.8 Å². The van der Waals surface area contributed by atoms with E-state index in [0.29, 0.717) is 6.04 Å². The summed E-state index contributed by atoms with van der Waals surface area (Å²) >= 11 is 0. The SMILES string of the molecule is CC(C)N1CCN(c2cccc(C(C)(C)N)c2)CC1. The van der Waals surface area contributed by atoms with Crippen LogP contribution in [0.3, 0.4) is 0 Å². The van der Waals surface area contributed by atoms with Crippen LogP contribution in [0.25, 0.3) is 0 Å². The average Bonchev–Trinajstić information content (AvgIpc) is 2.38. The van der Waals surface area contributed by atoms with Crippen molar-refractivity contribution >= 4 is 5.69 Å². The standard InChI is InChI=1S/C16H27N3/c1-13(2)18-8-10-19(11-9-18)15-7-5-6-14(12-15)16(3,4)17/h5-7,12-13H,8-11,17H2,1-4H3. The van der Waals surface area contributed by atoms with Crippen LogP contribution in [-0.4, -0.2) is 37.1 Å².